The van der Waals surface area contributed by atoms with Crippen LogP contribution in [-0.4, -0.2) is 10.4 Å². The average molecular weight is 227 g/mol. The summed E-state index contributed by atoms with van der Waals surface area (Å²) < 4.78 is 14.7. The van der Waals surface area contributed by atoms with Gasteiger partial charge >= 0.3 is 0 Å². The second-order valence-electron chi connectivity index (χ2n) is 4.07. The van der Waals surface area contributed by atoms with E-state index in [9.17, 15) is 9.18 Å². The molecule has 0 unspecified atom stereocenters. The van der Waals surface area contributed by atoms with Gasteiger partial charge in [-0.25, -0.2) is 4.39 Å². The minimum absolute atomic E-state index is 0.0549. The first-order chi connectivity index (χ1) is 8.24. The SMILES string of the molecule is O=C1C(=Cc2ccc(F)cc2)Cn2cccc21. The molecular weight excluding hydrogens is 217 g/mol. The predicted molar refractivity (Wildman–Crippen MR) is 63.1 cm³/mol. The van der Waals surface area contributed by atoms with Crippen molar-refractivity contribution in [1.29, 1.82) is 0 Å². The molecule has 0 aliphatic carbocycles. The summed E-state index contributed by atoms with van der Waals surface area (Å²) in [6.45, 7) is 0.596. The maximum Gasteiger partial charge on any atom is 0.207 e. The number of allylic oxidation sites excluding steroid dienone is 1. The van der Waals surface area contributed by atoms with E-state index in [0.29, 0.717) is 6.54 Å². The van der Waals surface area contributed by atoms with Gasteiger partial charge in [-0.2, -0.15) is 0 Å². The molecule has 0 saturated carbocycles. The summed E-state index contributed by atoms with van der Waals surface area (Å²) in [5.74, 6) is -0.213. The summed E-state index contributed by atoms with van der Waals surface area (Å²) in [5, 5.41) is 0. The minimum Gasteiger partial charge on any atom is -0.340 e. The number of fused-ring (bicyclic) bond motifs is 1. The van der Waals surface area contributed by atoms with Crippen molar-refractivity contribution < 1.29 is 9.18 Å². The van der Waals surface area contributed by atoms with E-state index in [0.717, 1.165) is 16.8 Å². The minimum atomic E-state index is -0.267. The molecule has 2 aromatic rings. The highest BCUT2D eigenvalue weighted by molar-refractivity contribution is 6.12. The Bertz CT molecular complexity index is 607. The lowest BCUT2D eigenvalue weighted by Crippen LogP contribution is -1.94. The van der Waals surface area contributed by atoms with Gasteiger partial charge in [0.05, 0.1) is 12.2 Å². The number of carbonyl (C=O) groups is 1. The van der Waals surface area contributed by atoms with E-state index in [4.69, 9.17) is 0 Å². The monoisotopic (exact) mass is 227 g/mol. The first-order valence-electron chi connectivity index (χ1n) is 5.40. The van der Waals surface area contributed by atoms with E-state index in [1.54, 1.807) is 12.1 Å². The highest BCUT2D eigenvalue weighted by Crippen LogP contribution is 2.22. The first-order valence-corrected chi connectivity index (χ1v) is 5.40. The van der Waals surface area contributed by atoms with Crippen LogP contribution in [-0.2, 0) is 6.54 Å². The van der Waals surface area contributed by atoms with Crippen LogP contribution in [0, 0.1) is 5.82 Å². The van der Waals surface area contributed by atoms with Gasteiger partial charge in [0.1, 0.15) is 5.82 Å². The fourth-order valence-corrected chi connectivity index (χ4v) is 2.05. The number of benzene rings is 1. The Morgan fingerprint density at radius 1 is 1.18 bits per heavy atom. The van der Waals surface area contributed by atoms with Crippen molar-refractivity contribution in [3.8, 4) is 0 Å². The summed E-state index contributed by atoms with van der Waals surface area (Å²) in [7, 11) is 0. The topological polar surface area (TPSA) is 22.0 Å². The zero-order valence-corrected chi connectivity index (χ0v) is 9.06. The Morgan fingerprint density at radius 2 is 1.94 bits per heavy atom. The third-order valence-electron chi connectivity index (χ3n) is 2.91. The fourth-order valence-electron chi connectivity index (χ4n) is 2.05. The molecule has 17 heavy (non-hydrogen) atoms. The predicted octanol–water partition coefficient (Wildman–Crippen LogP) is 2.91. The van der Waals surface area contributed by atoms with Crippen LogP contribution in [0.5, 0.6) is 0 Å². The molecule has 0 N–H and O–H groups in total. The van der Waals surface area contributed by atoms with Crippen molar-refractivity contribution in [2.45, 2.75) is 6.54 Å². The molecule has 1 aliphatic rings. The Labute approximate surface area is 98.0 Å². The van der Waals surface area contributed by atoms with Crippen LogP contribution in [0.2, 0.25) is 0 Å². The Hall–Kier alpha value is -2.16. The Morgan fingerprint density at radius 3 is 2.65 bits per heavy atom. The van der Waals surface area contributed by atoms with Gasteiger partial charge in [0.2, 0.25) is 5.78 Å². The third-order valence-corrected chi connectivity index (χ3v) is 2.91. The third kappa shape index (κ3) is 1.69. The van der Waals surface area contributed by atoms with E-state index >= 15 is 0 Å². The smallest absolute Gasteiger partial charge is 0.207 e. The van der Waals surface area contributed by atoms with Crippen LogP contribution in [0.4, 0.5) is 4.39 Å². The largest absolute Gasteiger partial charge is 0.340 e. The van der Waals surface area contributed by atoms with Gasteiger partial charge in [0.25, 0.3) is 0 Å². The van der Waals surface area contributed by atoms with Crippen LogP contribution >= 0.6 is 0 Å². The second-order valence-corrected chi connectivity index (χ2v) is 4.07. The van der Waals surface area contributed by atoms with Gasteiger partial charge in [0, 0.05) is 11.8 Å². The van der Waals surface area contributed by atoms with Gasteiger partial charge in [-0.3, -0.25) is 4.79 Å². The molecule has 2 heterocycles. The second kappa shape index (κ2) is 3.70. The van der Waals surface area contributed by atoms with Crippen LogP contribution < -0.4 is 0 Å². The van der Waals surface area contributed by atoms with Gasteiger partial charge in [-0.1, -0.05) is 12.1 Å². The molecule has 2 nitrogen and oxygen atoms in total. The fraction of sp³-hybridized carbons (Fsp3) is 0.0714. The number of ketones is 1. The highest BCUT2D eigenvalue weighted by atomic mass is 19.1. The lowest BCUT2D eigenvalue weighted by molar-refractivity contribution is 0.103. The van der Waals surface area contributed by atoms with Crippen LogP contribution in [0.15, 0.2) is 48.2 Å². The van der Waals surface area contributed by atoms with Gasteiger partial charge in [-0.15, -0.1) is 0 Å². The van der Waals surface area contributed by atoms with Crippen LogP contribution in [0.25, 0.3) is 6.08 Å². The molecule has 0 spiro atoms. The van der Waals surface area contributed by atoms with Crippen molar-refractivity contribution in [3.05, 3.63) is 65.2 Å². The number of aromatic nitrogens is 1. The summed E-state index contributed by atoms with van der Waals surface area (Å²) in [6, 6.07) is 9.81. The molecule has 3 heteroatoms. The maximum atomic E-state index is 12.8. The molecule has 1 aliphatic heterocycles. The van der Waals surface area contributed by atoms with Gasteiger partial charge < -0.3 is 4.57 Å². The van der Waals surface area contributed by atoms with E-state index in [1.807, 2.05) is 29.0 Å². The lowest BCUT2D eigenvalue weighted by Gasteiger charge is -1.97. The molecule has 1 aromatic heterocycles. The molecule has 0 bridgehead atoms. The number of rotatable bonds is 1. The zero-order chi connectivity index (χ0) is 11.8. The van der Waals surface area contributed by atoms with E-state index < -0.39 is 0 Å². The molecule has 0 fully saturated rings. The molecule has 0 amide bonds. The number of carbonyl (C=O) groups excluding carboxylic acids is 1. The average Bonchev–Trinajstić information content (AvgIpc) is 2.87. The Balaban J connectivity index is 1.95. The number of nitrogens with zero attached hydrogens (tertiary/aromatic N) is 1. The maximum absolute atomic E-state index is 12.8. The van der Waals surface area contributed by atoms with E-state index in [2.05, 4.69) is 0 Å². The number of hydrogen-bond donors (Lipinski definition) is 0. The molecule has 0 radical (unpaired) electrons. The summed E-state index contributed by atoms with van der Waals surface area (Å²) in [6.07, 6.45) is 3.70. The van der Waals surface area contributed by atoms with Crippen molar-refractivity contribution in [2.75, 3.05) is 0 Å². The van der Waals surface area contributed by atoms with Crippen molar-refractivity contribution in [3.63, 3.8) is 0 Å². The number of hydrogen-bond acceptors (Lipinski definition) is 1. The number of halogens is 1. The van der Waals surface area contributed by atoms with Gasteiger partial charge in [0.15, 0.2) is 0 Å². The molecule has 0 saturated heterocycles. The van der Waals surface area contributed by atoms with Crippen molar-refractivity contribution in [2.24, 2.45) is 0 Å². The lowest BCUT2D eigenvalue weighted by atomic mass is 10.1. The first kappa shape index (κ1) is 10.0. The quantitative estimate of drug-likeness (QED) is 0.686. The summed E-state index contributed by atoms with van der Waals surface area (Å²) >= 11 is 0. The van der Waals surface area contributed by atoms with Crippen molar-refractivity contribution >= 4 is 11.9 Å². The molecular formula is C14H10FNO. The van der Waals surface area contributed by atoms with E-state index in [1.165, 1.54) is 12.1 Å². The summed E-state index contributed by atoms with van der Waals surface area (Å²) in [4.78, 5) is 12.0. The van der Waals surface area contributed by atoms with Crippen LogP contribution in [0.3, 0.4) is 0 Å². The van der Waals surface area contributed by atoms with Crippen molar-refractivity contribution in [1.82, 2.24) is 4.57 Å². The number of Topliss-reactive ketones (excluding diaryl/α,β-unsaturated/α-hetero) is 1. The van der Waals surface area contributed by atoms with E-state index in [-0.39, 0.29) is 11.6 Å². The highest BCUT2D eigenvalue weighted by Gasteiger charge is 2.23. The molecule has 84 valence electrons. The normalized spacial score (nSPS) is 16.5. The summed E-state index contributed by atoms with van der Waals surface area (Å²) in [5.41, 5.74) is 2.31. The zero-order valence-electron chi connectivity index (χ0n) is 9.06. The molecule has 1 aromatic carbocycles. The molecule has 3 rings (SSSR count). The molecule has 0 atom stereocenters. The Kier molecular flexibility index (Phi) is 2.18. The van der Waals surface area contributed by atoms with Gasteiger partial charge in [-0.05, 0) is 35.9 Å². The standard InChI is InChI=1S/C14H10FNO/c15-12-5-3-10(4-6-12)8-11-9-16-7-1-2-13(16)14(11)17/h1-8H,9H2. The van der Waals surface area contributed by atoms with Crippen LogP contribution in [0.1, 0.15) is 16.1 Å².